The number of aliphatic hydroxyl groups is 1. The number of nitrogens with one attached hydrogen (secondary N) is 1. The first-order chi connectivity index (χ1) is 5.16. The van der Waals surface area contributed by atoms with Crippen molar-refractivity contribution in [2.24, 2.45) is 5.73 Å². The minimum atomic E-state index is 0.244. The maximum absolute atomic E-state index is 8.56. The Kier molecular flexibility index (Phi) is 6.36. The molecule has 0 saturated heterocycles. The van der Waals surface area contributed by atoms with E-state index < -0.39 is 0 Å². The molecule has 3 nitrogen and oxygen atoms in total. The summed E-state index contributed by atoms with van der Waals surface area (Å²) in [6.07, 6.45) is 1.48. The molecule has 0 aromatic carbocycles. The molecule has 11 heavy (non-hydrogen) atoms. The van der Waals surface area contributed by atoms with Gasteiger partial charge in [0.1, 0.15) is 0 Å². The highest BCUT2D eigenvalue weighted by Crippen LogP contribution is 2.13. The number of amidine groups is 1. The van der Waals surface area contributed by atoms with E-state index in [0.717, 1.165) is 12.2 Å². The van der Waals surface area contributed by atoms with Crippen LogP contribution in [-0.2, 0) is 0 Å². The van der Waals surface area contributed by atoms with E-state index in [1.54, 1.807) is 11.8 Å². The normalized spacial score (nSPS) is 12.9. The van der Waals surface area contributed by atoms with Gasteiger partial charge in [0.25, 0.3) is 0 Å². The van der Waals surface area contributed by atoms with Gasteiger partial charge in [-0.15, -0.1) is 0 Å². The molecule has 1 unspecified atom stereocenters. The van der Waals surface area contributed by atoms with Crippen LogP contribution in [0.3, 0.4) is 0 Å². The fourth-order valence-corrected chi connectivity index (χ4v) is 1.65. The Morgan fingerprint density at radius 3 is 2.82 bits per heavy atom. The zero-order chi connectivity index (χ0) is 8.69. The van der Waals surface area contributed by atoms with Crippen molar-refractivity contribution in [3.8, 4) is 0 Å². The predicted molar refractivity (Wildman–Crippen MR) is 50.2 cm³/mol. The summed E-state index contributed by atoms with van der Waals surface area (Å²) in [7, 11) is 0. The van der Waals surface area contributed by atoms with Gasteiger partial charge in [-0.2, -0.15) is 11.8 Å². The molecule has 0 aromatic rings. The summed E-state index contributed by atoms with van der Waals surface area (Å²) in [6, 6.07) is 0. The van der Waals surface area contributed by atoms with Gasteiger partial charge < -0.3 is 10.8 Å². The van der Waals surface area contributed by atoms with Crippen molar-refractivity contribution >= 4 is 17.6 Å². The lowest BCUT2D eigenvalue weighted by Crippen LogP contribution is -2.11. The SMILES string of the molecule is CC(CCO)SCCC(=N)N. The Bertz CT molecular complexity index is 119. The number of hydrogen-bond donors (Lipinski definition) is 3. The van der Waals surface area contributed by atoms with Crippen molar-refractivity contribution in [3.05, 3.63) is 0 Å². The van der Waals surface area contributed by atoms with Crippen LogP contribution in [0, 0.1) is 5.41 Å². The van der Waals surface area contributed by atoms with E-state index in [4.69, 9.17) is 16.2 Å². The quantitative estimate of drug-likeness (QED) is 0.414. The topological polar surface area (TPSA) is 70.1 Å². The highest BCUT2D eigenvalue weighted by molar-refractivity contribution is 7.99. The van der Waals surface area contributed by atoms with Crippen LogP contribution in [0.15, 0.2) is 0 Å². The molecule has 0 aliphatic heterocycles. The smallest absolute Gasteiger partial charge is 0.0913 e. The number of nitrogens with two attached hydrogens (primary N) is 1. The minimum absolute atomic E-state index is 0.244. The third-order valence-corrected chi connectivity index (χ3v) is 2.55. The van der Waals surface area contributed by atoms with Gasteiger partial charge in [-0.05, 0) is 6.42 Å². The van der Waals surface area contributed by atoms with E-state index >= 15 is 0 Å². The molecule has 1 atom stereocenters. The molecule has 0 rings (SSSR count). The monoisotopic (exact) mass is 176 g/mol. The highest BCUT2D eigenvalue weighted by Gasteiger charge is 2.00. The van der Waals surface area contributed by atoms with Crippen molar-refractivity contribution in [1.82, 2.24) is 0 Å². The van der Waals surface area contributed by atoms with Gasteiger partial charge in [-0.3, -0.25) is 5.41 Å². The lowest BCUT2D eigenvalue weighted by molar-refractivity contribution is 0.289. The number of thioether (sulfide) groups is 1. The molecule has 0 bridgehead atoms. The highest BCUT2D eigenvalue weighted by atomic mass is 32.2. The first kappa shape index (κ1) is 10.8. The first-order valence-electron chi connectivity index (χ1n) is 3.72. The number of aliphatic hydroxyl groups excluding tert-OH is 1. The van der Waals surface area contributed by atoms with Gasteiger partial charge >= 0.3 is 0 Å². The van der Waals surface area contributed by atoms with Gasteiger partial charge in [-0.25, -0.2) is 0 Å². The minimum Gasteiger partial charge on any atom is -0.396 e. The van der Waals surface area contributed by atoms with Crippen LogP contribution in [0.4, 0.5) is 0 Å². The Balaban J connectivity index is 3.16. The number of rotatable bonds is 6. The molecule has 0 amide bonds. The fraction of sp³-hybridized carbons (Fsp3) is 0.857. The molecule has 0 spiro atoms. The second-order valence-corrected chi connectivity index (χ2v) is 4.02. The van der Waals surface area contributed by atoms with E-state index in [1.807, 2.05) is 0 Å². The van der Waals surface area contributed by atoms with E-state index in [-0.39, 0.29) is 12.4 Å². The van der Waals surface area contributed by atoms with Crippen LogP contribution in [-0.4, -0.2) is 28.6 Å². The molecular weight excluding hydrogens is 160 g/mol. The number of hydrogen-bond acceptors (Lipinski definition) is 3. The molecule has 4 heteroatoms. The standard InChI is InChI=1S/C7H16N2OS/c1-6(2-4-10)11-5-3-7(8)9/h6,10H,2-5H2,1H3,(H3,8,9). The second-order valence-electron chi connectivity index (χ2n) is 2.47. The zero-order valence-electron chi connectivity index (χ0n) is 6.84. The molecule has 66 valence electrons. The molecule has 0 fully saturated rings. The maximum atomic E-state index is 8.56. The average Bonchev–Trinajstić information content (AvgIpc) is 1.87. The summed E-state index contributed by atoms with van der Waals surface area (Å²) in [5, 5.41) is 16.0. The van der Waals surface area contributed by atoms with Crippen LogP contribution < -0.4 is 5.73 Å². The molecule has 4 N–H and O–H groups in total. The van der Waals surface area contributed by atoms with E-state index in [9.17, 15) is 0 Å². The Morgan fingerprint density at radius 1 is 1.73 bits per heavy atom. The summed E-state index contributed by atoms with van der Waals surface area (Å²) in [4.78, 5) is 0. The van der Waals surface area contributed by atoms with Crippen LogP contribution in [0.1, 0.15) is 19.8 Å². The molecule has 0 aliphatic carbocycles. The van der Waals surface area contributed by atoms with E-state index in [1.165, 1.54) is 0 Å². The Labute approximate surface area is 71.9 Å². The van der Waals surface area contributed by atoms with Crippen LogP contribution >= 0.6 is 11.8 Å². The fourth-order valence-electron chi connectivity index (χ4n) is 0.635. The van der Waals surface area contributed by atoms with Crippen LogP contribution in [0.2, 0.25) is 0 Å². The molecular formula is C7H16N2OS. The third kappa shape index (κ3) is 7.68. The summed E-state index contributed by atoms with van der Waals surface area (Å²) in [6.45, 7) is 2.31. The molecule has 0 saturated carbocycles. The van der Waals surface area contributed by atoms with Crippen molar-refractivity contribution < 1.29 is 5.11 Å². The Morgan fingerprint density at radius 2 is 2.36 bits per heavy atom. The molecule has 0 heterocycles. The van der Waals surface area contributed by atoms with Gasteiger partial charge in [0, 0.05) is 24.0 Å². The van der Waals surface area contributed by atoms with Gasteiger partial charge in [0.15, 0.2) is 0 Å². The van der Waals surface area contributed by atoms with E-state index in [2.05, 4.69) is 6.92 Å². The lowest BCUT2D eigenvalue weighted by Gasteiger charge is -2.07. The van der Waals surface area contributed by atoms with Crippen molar-refractivity contribution in [2.75, 3.05) is 12.4 Å². The van der Waals surface area contributed by atoms with Crippen molar-refractivity contribution in [2.45, 2.75) is 25.0 Å². The molecule has 0 aromatic heterocycles. The largest absolute Gasteiger partial charge is 0.396 e. The summed E-state index contributed by atoms with van der Waals surface area (Å²) in [5.41, 5.74) is 5.17. The van der Waals surface area contributed by atoms with Gasteiger partial charge in [-0.1, -0.05) is 6.92 Å². The second kappa shape index (κ2) is 6.49. The summed E-state index contributed by atoms with van der Waals surface area (Å²) >= 11 is 1.75. The van der Waals surface area contributed by atoms with Crippen molar-refractivity contribution in [3.63, 3.8) is 0 Å². The van der Waals surface area contributed by atoms with Gasteiger partial charge in [0.2, 0.25) is 0 Å². The van der Waals surface area contributed by atoms with Crippen molar-refractivity contribution in [1.29, 1.82) is 5.41 Å². The van der Waals surface area contributed by atoms with E-state index in [0.29, 0.717) is 11.7 Å². The molecule has 0 radical (unpaired) electrons. The Hall–Kier alpha value is -0.220. The summed E-state index contributed by atoms with van der Waals surface area (Å²) < 4.78 is 0. The third-order valence-electron chi connectivity index (χ3n) is 1.31. The first-order valence-corrected chi connectivity index (χ1v) is 4.77. The van der Waals surface area contributed by atoms with Gasteiger partial charge in [0.05, 0.1) is 5.84 Å². The van der Waals surface area contributed by atoms with Crippen LogP contribution in [0.25, 0.3) is 0 Å². The molecule has 0 aliphatic rings. The zero-order valence-corrected chi connectivity index (χ0v) is 7.66. The maximum Gasteiger partial charge on any atom is 0.0913 e. The summed E-state index contributed by atoms with van der Waals surface area (Å²) in [5.74, 6) is 1.13. The van der Waals surface area contributed by atoms with Crippen LogP contribution in [0.5, 0.6) is 0 Å². The predicted octanol–water partition coefficient (Wildman–Crippen LogP) is 0.817. The average molecular weight is 176 g/mol. The lowest BCUT2D eigenvalue weighted by atomic mass is 10.3.